The molecule has 0 aliphatic rings. The molecule has 1 unspecified atom stereocenters. The Balaban J connectivity index is 2.43. The summed E-state index contributed by atoms with van der Waals surface area (Å²) in [4.78, 5) is 16.2. The summed E-state index contributed by atoms with van der Waals surface area (Å²) in [7, 11) is 1.69. The minimum Gasteiger partial charge on any atom is -0.465 e. The van der Waals surface area contributed by atoms with Crippen LogP contribution in [0.25, 0.3) is 0 Å². The van der Waals surface area contributed by atoms with Gasteiger partial charge in [0.2, 0.25) is 0 Å². The Morgan fingerprint density at radius 3 is 2.63 bits per heavy atom. The predicted molar refractivity (Wildman–Crippen MR) is 65.9 cm³/mol. The summed E-state index contributed by atoms with van der Waals surface area (Å²) in [5.41, 5.74) is 0.621. The fourth-order valence-corrected chi connectivity index (χ4v) is 1.84. The van der Waals surface area contributed by atoms with Crippen LogP contribution in [-0.4, -0.2) is 27.3 Å². The minimum atomic E-state index is -0.701. The second-order valence-corrected chi connectivity index (χ2v) is 3.98. The maximum absolute atomic E-state index is 13.0. The molecule has 1 heterocycles. The molecule has 6 heteroatoms. The largest absolute Gasteiger partial charge is 0.465 e. The average Bonchev–Trinajstić information content (AvgIpc) is 2.79. The molecule has 0 spiro atoms. The molecule has 5 nitrogen and oxygen atoms in total. The van der Waals surface area contributed by atoms with E-state index in [1.165, 1.54) is 23.1 Å². The summed E-state index contributed by atoms with van der Waals surface area (Å²) in [6.07, 6.45) is 1.37. The van der Waals surface area contributed by atoms with E-state index < -0.39 is 11.9 Å². The fourth-order valence-electron chi connectivity index (χ4n) is 1.84. The number of halogens is 1. The Morgan fingerprint density at radius 2 is 2.11 bits per heavy atom. The molecule has 19 heavy (non-hydrogen) atoms. The van der Waals surface area contributed by atoms with Crippen LogP contribution in [0, 0.1) is 5.82 Å². The van der Waals surface area contributed by atoms with Crippen molar-refractivity contribution in [2.24, 2.45) is 7.05 Å². The number of hydrogen-bond donors (Lipinski definition) is 0. The first-order chi connectivity index (χ1) is 9.13. The molecule has 0 bridgehead atoms. The summed E-state index contributed by atoms with van der Waals surface area (Å²) in [6, 6.07) is 5.70. The van der Waals surface area contributed by atoms with Crippen molar-refractivity contribution in [3.05, 3.63) is 47.8 Å². The van der Waals surface area contributed by atoms with Crippen molar-refractivity contribution in [1.82, 2.24) is 14.8 Å². The molecule has 0 aliphatic carbocycles. The SMILES string of the molecule is CCOC(=O)C(c1ccc(F)cc1)c1ncnn1C. The number of nitrogens with zero attached hydrogens (tertiary/aromatic N) is 3. The highest BCUT2D eigenvalue weighted by Gasteiger charge is 2.28. The molecule has 1 aromatic carbocycles. The van der Waals surface area contributed by atoms with Gasteiger partial charge < -0.3 is 4.74 Å². The van der Waals surface area contributed by atoms with Gasteiger partial charge in [-0.3, -0.25) is 9.48 Å². The van der Waals surface area contributed by atoms with Crippen molar-refractivity contribution in [3.8, 4) is 0 Å². The lowest BCUT2D eigenvalue weighted by atomic mass is 9.98. The lowest BCUT2D eigenvalue weighted by molar-refractivity contribution is -0.144. The van der Waals surface area contributed by atoms with E-state index in [4.69, 9.17) is 4.74 Å². The zero-order valence-electron chi connectivity index (χ0n) is 10.7. The summed E-state index contributed by atoms with van der Waals surface area (Å²) in [6.45, 7) is 2.00. The number of aromatic nitrogens is 3. The van der Waals surface area contributed by atoms with E-state index in [-0.39, 0.29) is 12.4 Å². The van der Waals surface area contributed by atoms with Crippen LogP contribution in [0.3, 0.4) is 0 Å². The standard InChI is InChI=1S/C13H14FN3O2/c1-3-19-13(18)11(12-15-8-16-17(12)2)9-4-6-10(14)7-5-9/h4-8,11H,3H2,1-2H3. The molecular formula is C13H14FN3O2. The third kappa shape index (κ3) is 2.78. The second-order valence-electron chi connectivity index (χ2n) is 3.98. The van der Waals surface area contributed by atoms with E-state index in [1.54, 1.807) is 26.1 Å². The fraction of sp³-hybridized carbons (Fsp3) is 0.308. The van der Waals surface area contributed by atoms with Gasteiger partial charge in [0.1, 0.15) is 23.9 Å². The van der Waals surface area contributed by atoms with E-state index in [1.807, 2.05) is 0 Å². The van der Waals surface area contributed by atoms with E-state index >= 15 is 0 Å². The molecule has 0 fully saturated rings. The maximum atomic E-state index is 13.0. The summed E-state index contributed by atoms with van der Waals surface area (Å²) in [5, 5.41) is 3.95. The molecule has 100 valence electrons. The molecule has 0 amide bonds. The van der Waals surface area contributed by atoms with Gasteiger partial charge >= 0.3 is 5.97 Å². The molecule has 1 atom stereocenters. The number of hydrogen-bond acceptors (Lipinski definition) is 4. The second kappa shape index (κ2) is 5.60. The van der Waals surface area contributed by atoms with Gasteiger partial charge in [0.05, 0.1) is 6.61 Å². The van der Waals surface area contributed by atoms with Crippen molar-refractivity contribution in [2.45, 2.75) is 12.8 Å². The van der Waals surface area contributed by atoms with Gasteiger partial charge in [0.15, 0.2) is 0 Å². The van der Waals surface area contributed by atoms with Crippen LogP contribution in [0.2, 0.25) is 0 Å². The van der Waals surface area contributed by atoms with Gasteiger partial charge in [-0.25, -0.2) is 9.37 Å². The molecule has 0 N–H and O–H groups in total. The summed E-state index contributed by atoms with van der Waals surface area (Å²) >= 11 is 0. The van der Waals surface area contributed by atoms with E-state index in [9.17, 15) is 9.18 Å². The normalized spacial score (nSPS) is 12.2. The minimum absolute atomic E-state index is 0.272. The van der Waals surface area contributed by atoms with Crippen LogP contribution in [0.1, 0.15) is 24.2 Å². The molecule has 0 saturated carbocycles. The first-order valence-corrected chi connectivity index (χ1v) is 5.89. The summed E-state index contributed by atoms with van der Waals surface area (Å²) < 4.78 is 19.5. The zero-order valence-corrected chi connectivity index (χ0v) is 10.7. The number of benzene rings is 1. The van der Waals surface area contributed by atoms with Gasteiger partial charge in [-0.05, 0) is 24.6 Å². The average molecular weight is 263 g/mol. The Bertz CT molecular complexity index is 566. The molecule has 0 saturated heterocycles. The number of carbonyl (C=O) groups excluding carboxylic acids is 1. The number of aryl methyl sites for hydroxylation is 1. The van der Waals surface area contributed by atoms with Crippen LogP contribution in [0.5, 0.6) is 0 Å². The van der Waals surface area contributed by atoms with Crippen molar-refractivity contribution < 1.29 is 13.9 Å². The maximum Gasteiger partial charge on any atom is 0.321 e. The first kappa shape index (κ1) is 13.2. The molecule has 2 rings (SSSR count). The van der Waals surface area contributed by atoms with Crippen molar-refractivity contribution in [3.63, 3.8) is 0 Å². The highest BCUT2D eigenvalue weighted by atomic mass is 19.1. The Kier molecular flexibility index (Phi) is 3.89. The Labute approximate surface area is 110 Å². The van der Waals surface area contributed by atoms with Crippen LogP contribution < -0.4 is 0 Å². The van der Waals surface area contributed by atoms with E-state index in [2.05, 4.69) is 10.1 Å². The van der Waals surface area contributed by atoms with Crippen LogP contribution in [-0.2, 0) is 16.6 Å². The van der Waals surface area contributed by atoms with Crippen molar-refractivity contribution in [2.75, 3.05) is 6.61 Å². The van der Waals surface area contributed by atoms with Gasteiger partial charge in [0, 0.05) is 7.05 Å². The highest BCUT2D eigenvalue weighted by Crippen LogP contribution is 2.24. The van der Waals surface area contributed by atoms with E-state index in [0.717, 1.165) is 0 Å². The molecule has 1 aromatic heterocycles. The van der Waals surface area contributed by atoms with Crippen molar-refractivity contribution in [1.29, 1.82) is 0 Å². The topological polar surface area (TPSA) is 57.0 Å². The van der Waals surface area contributed by atoms with Crippen molar-refractivity contribution >= 4 is 5.97 Å². The molecular weight excluding hydrogens is 249 g/mol. The molecule has 0 aliphatic heterocycles. The zero-order chi connectivity index (χ0) is 13.8. The van der Waals surface area contributed by atoms with Crippen LogP contribution in [0.4, 0.5) is 4.39 Å². The quantitative estimate of drug-likeness (QED) is 0.787. The Morgan fingerprint density at radius 1 is 1.42 bits per heavy atom. The Hall–Kier alpha value is -2.24. The van der Waals surface area contributed by atoms with Gasteiger partial charge in [0.25, 0.3) is 0 Å². The molecule has 0 radical (unpaired) electrons. The highest BCUT2D eigenvalue weighted by molar-refractivity contribution is 5.81. The van der Waals surface area contributed by atoms with Crippen LogP contribution in [0.15, 0.2) is 30.6 Å². The lowest BCUT2D eigenvalue weighted by Crippen LogP contribution is -2.21. The van der Waals surface area contributed by atoms with Gasteiger partial charge in [-0.15, -0.1) is 0 Å². The predicted octanol–water partition coefficient (Wildman–Crippen LogP) is 1.65. The third-order valence-electron chi connectivity index (χ3n) is 2.73. The third-order valence-corrected chi connectivity index (χ3v) is 2.73. The van der Waals surface area contributed by atoms with Crippen LogP contribution >= 0.6 is 0 Å². The smallest absolute Gasteiger partial charge is 0.321 e. The van der Waals surface area contributed by atoms with Gasteiger partial charge in [-0.2, -0.15) is 5.10 Å². The summed E-state index contributed by atoms with van der Waals surface area (Å²) in [5.74, 6) is -1.02. The first-order valence-electron chi connectivity index (χ1n) is 5.89. The number of esters is 1. The number of ether oxygens (including phenoxy) is 1. The number of carbonyl (C=O) groups is 1. The number of rotatable bonds is 4. The molecule has 2 aromatic rings. The monoisotopic (exact) mass is 263 g/mol. The van der Waals surface area contributed by atoms with Gasteiger partial charge in [-0.1, -0.05) is 12.1 Å². The lowest BCUT2D eigenvalue weighted by Gasteiger charge is -2.15. The van der Waals surface area contributed by atoms with E-state index in [0.29, 0.717) is 11.4 Å².